The molecule has 1 aliphatic heterocycles. The van der Waals surface area contributed by atoms with Crippen molar-refractivity contribution in [2.24, 2.45) is 0 Å². The third-order valence-electron chi connectivity index (χ3n) is 4.67. The molecule has 1 aliphatic rings. The van der Waals surface area contributed by atoms with E-state index in [1.807, 2.05) is 54.6 Å². The van der Waals surface area contributed by atoms with Crippen LogP contribution in [0.3, 0.4) is 0 Å². The maximum Gasteiger partial charge on any atom is 0.251 e. The van der Waals surface area contributed by atoms with Gasteiger partial charge in [0.1, 0.15) is 0 Å². The molecule has 0 radical (unpaired) electrons. The van der Waals surface area contributed by atoms with E-state index in [2.05, 4.69) is 20.8 Å². The zero-order valence-electron chi connectivity index (χ0n) is 15.5. The Labute approximate surface area is 164 Å². The summed E-state index contributed by atoms with van der Waals surface area (Å²) in [6.07, 6.45) is 2.21. The normalized spacial score (nSPS) is 15.9. The van der Waals surface area contributed by atoms with Gasteiger partial charge in [-0.05, 0) is 49.2 Å². The van der Waals surface area contributed by atoms with Gasteiger partial charge in [0.25, 0.3) is 5.91 Å². The van der Waals surface area contributed by atoms with Gasteiger partial charge >= 0.3 is 0 Å². The number of carbonyl (C=O) groups is 1. The lowest BCUT2D eigenvalue weighted by molar-refractivity contribution is 0.0858. The number of nitrogens with one attached hydrogen (secondary N) is 2. The Morgan fingerprint density at radius 1 is 1.00 bits per heavy atom. The van der Waals surface area contributed by atoms with Gasteiger partial charge in [0, 0.05) is 30.0 Å². The second kappa shape index (κ2) is 8.63. The van der Waals surface area contributed by atoms with Crippen molar-refractivity contribution in [3.8, 4) is 11.3 Å². The summed E-state index contributed by atoms with van der Waals surface area (Å²) in [4.78, 5) is 12.2. The first kappa shape index (κ1) is 18.1. The molecule has 4 rings (SSSR count). The van der Waals surface area contributed by atoms with Crippen LogP contribution < -0.4 is 10.6 Å². The van der Waals surface area contributed by atoms with Gasteiger partial charge in [-0.15, -0.1) is 10.2 Å². The van der Waals surface area contributed by atoms with Crippen LogP contribution in [-0.4, -0.2) is 35.4 Å². The molecule has 6 heteroatoms. The van der Waals surface area contributed by atoms with Crippen LogP contribution in [0.2, 0.25) is 0 Å². The number of amides is 1. The van der Waals surface area contributed by atoms with E-state index >= 15 is 0 Å². The van der Waals surface area contributed by atoms with Crippen molar-refractivity contribution in [2.75, 3.05) is 18.5 Å². The van der Waals surface area contributed by atoms with Gasteiger partial charge in [-0.25, -0.2) is 0 Å². The highest BCUT2D eigenvalue weighted by molar-refractivity contribution is 5.94. The molecule has 0 aliphatic carbocycles. The lowest BCUT2D eigenvalue weighted by Gasteiger charge is -2.11. The smallest absolute Gasteiger partial charge is 0.251 e. The number of aromatic nitrogens is 2. The van der Waals surface area contributed by atoms with Gasteiger partial charge in [0.05, 0.1) is 11.8 Å². The molecule has 1 unspecified atom stereocenters. The summed E-state index contributed by atoms with van der Waals surface area (Å²) < 4.78 is 5.52. The van der Waals surface area contributed by atoms with Crippen LogP contribution in [0.1, 0.15) is 23.2 Å². The van der Waals surface area contributed by atoms with Gasteiger partial charge in [0.2, 0.25) is 0 Å². The predicted octanol–water partition coefficient (Wildman–Crippen LogP) is 3.80. The highest BCUT2D eigenvalue weighted by Gasteiger charge is 2.16. The summed E-state index contributed by atoms with van der Waals surface area (Å²) in [6.45, 7) is 1.35. The number of hydrogen-bond acceptors (Lipinski definition) is 5. The Morgan fingerprint density at radius 2 is 1.82 bits per heavy atom. The van der Waals surface area contributed by atoms with Crippen molar-refractivity contribution in [2.45, 2.75) is 18.9 Å². The van der Waals surface area contributed by atoms with Crippen LogP contribution in [0, 0.1) is 0 Å². The van der Waals surface area contributed by atoms with Gasteiger partial charge in [0.15, 0.2) is 5.82 Å². The summed E-state index contributed by atoms with van der Waals surface area (Å²) >= 11 is 0. The van der Waals surface area contributed by atoms with E-state index in [4.69, 9.17) is 4.74 Å². The van der Waals surface area contributed by atoms with Gasteiger partial charge in [-0.3, -0.25) is 4.79 Å². The lowest BCUT2D eigenvalue weighted by Crippen LogP contribution is -2.31. The number of rotatable bonds is 6. The molecule has 142 valence electrons. The molecule has 2 aromatic carbocycles. The highest BCUT2D eigenvalue weighted by atomic mass is 16.5. The van der Waals surface area contributed by atoms with E-state index in [0.29, 0.717) is 17.9 Å². The molecule has 2 N–H and O–H groups in total. The number of carbonyl (C=O) groups excluding carboxylic acids is 1. The Kier molecular flexibility index (Phi) is 5.58. The van der Waals surface area contributed by atoms with Gasteiger partial charge < -0.3 is 15.4 Å². The summed E-state index contributed by atoms with van der Waals surface area (Å²) in [5.74, 6) is 0.560. The molecule has 3 aromatic rings. The van der Waals surface area contributed by atoms with Gasteiger partial charge in [-0.1, -0.05) is 30.3 Å². The highest BCUT2D eigenvalue weighted by Crippen LogP contribution is 2.19. The second-order valence-electron chi connectivity index (χ2n) is 6.72. The number of hydrogen-bond donors (Lipinski definition) is 2. The molecule has 1 aromatic heterocycles. The monoisotopic (exact) mass is 374 g/mol. The summed E-state index contributed by atoms with van der Waals surface area (Å²) in [5, 5.41) is 14.6. The number of ether oxygens (including phenoxy) is 1. The predicted molar refractivity (Wildman–Crippen MR) is 108 cm³/mol. The topological polar surface area (TPSA) is 76.1 Å². The Morgan fingerprint density at radius 3 is 2.50 bits per heavy atom. The van der Waals surface area contributed by atoms with E-state index in [9.17, 15) is 4.79 Å². The van der Waals surface area contributed by atoms with Crippen LogP contribution in [0.5, 0.6) is 0 Å². The van der Waals surface area contributed by atoms with Gasteiger partial charge in [-0.2, -0.15) is 0 Å². The molecule has 0 saturated carbocycles. The zero-order chi connectivity index (χ0) is 19.2. The maximum absolute atomic E-state index is 12.2. The minimum Gasteiger partial charge on any atom is -0.376 e. The van der Waals surface area contributed by atoms with Crippen molar-refractivity contribution < 1.29 is 9.53 Å². The average molecular weight is 374 g/mol. The average Bonchev–Trinajstić information content (AvgIpc) is 3.27. The standard InChI is InChI=1S/C22H22N4O2/c27-22(23-15-19-7-4-14-28-19)17-8-10-18(11-9-17)24-21-13-12-20(25-26-21)16-5-2-1-3-6-16/h1-3,5-6,8-13,19H,4,7,14-15H2,(H,23,27)(H,24,26). The second-order valence-corrected chi connectivity index (χ2v) is 6.72. The number of benzene rings is 2. The number of nitrogens with zero attached hydrogens (tertiary/aromatic N) is 2. The third-order valence-corrected chi connectivity index (χ3v) is 4.67. The minimum absolute atomic E-state index is 0.0888. The molecule has 0 bridgehead atoms. The first-order valence-electron chi connectivity index (χ1n) is 9.44. The summed E-state index contributed by atoms with van der Waals surface area (Å²) in [5.41, 5.74) is 3.32. The zero-order valence-corrected chi connectivity index (χ0v) is 15.5. The van der Waals surface area contributed by atoms with Crippen LogP contribution in [-0.2, 0) is 4.74 Å². The van der Waals surface area contributed by atoms with Crippen LogP contribution in [0.15, 0.2) is 66.7 Å². The van der Waals surface area contributed by atoms with Crippen molar-refractivity contribution >= 4 is 17.4 Å². The Balaban J connectivity index is 1.34. The van der Waals surface area contributed by atoms with Crippen molar-refractivity contribution in [1.29, 1.82) is 0 Å². The Hall–Kier alpha value is -3.25. The Bertz CT molecular complexity index is 906. The van der Waals surface area contributed by atoms with Crippen LogP contribution >= 0.6 is 0 Å². The van der Waals surface area contributed by atoms with E-state index in [-0.39, 0.29) is 12.0 Å². The third kappa shape index (κ3) is 4.53. The fourth-order valence-electron chi connectivity index (χ4n) is 3.13. The molecule has 1 amide bonds. The molecular formula is C22H22N4O2. The molecule has 2 heterocycles. The van der Waals surface area contributed by atoms with Crippen LogP contribution in [0.25, 0.3) is 11.3 Å². The molecule has 1 saturated heterocycles. The summed E-state index contributed by atoms with van der Waals surface area (Å²) in [6, 6.07) is 21.0. The van der Waals surface area contributed by atoms with Crippen molar-refractivity contribution in [1.82, 2.24) is 15.5 Å². The first-order valence-corrected chi connectivity index (χ1v) is 9.44. The fourth-order valence-corrected chi connectivity index (χ4v) is 3.13. The molecule has 0 spiro atoms. The van der Waals surface area contributed by atoms with E-state index < -0.39 is 0 Å². The fraction of sp³-hybridized carbons (Fsp3) is 0.227. The van der Waals surface area contributed by atoms with Crippen molar-refractivity contribution in [3.63, 3.8) is 0 Å². The maximum atomic E-state index is 12.2. The number of anilines is 2. The van der Waals surface area contributed by atoms with E-state index in [1.54, 1.807) is 12.1 Å². The molecule has 6 nitrogen and oxygen atoms in total. The summed E-state index contributed by atoms with van der Waals surface area (Å²) in [7, 11) is 0. The SMILES string of the molecule is O=C(NCC1CCCO1)c1ccc(Nc2ccc(-c3ccccc3)nn2)cc1. The minimum atomic E-state index is -0.0888. The van der Waals surface area contributed by atoms with Crippen LogP contribution in [0.4, 0.5) is 11.5 Å². The van der Waals surface area contributed by atoms with Crippen molar-refractivity contribution in [3.05, 3.63) is 72.3 Å². The molecular weight excluding hydrogens is 352 g/mol. The lowest BCUT2D eigenvalue weighted by atomic mass is 10.1. The van der Waals surface area contributed by atoms with E-state index in [1.165, 1.54) is 0 Å². The van der Waals surface area contributed by atoms with E-state index in [0.717, 1.165) is 36.4 Å². The molecule has 1 fully saturated rings. The largest absolute Gasteiger partial charge is 0.376 e. The first-order chi connectivity index (χ1) is 13.8. The molecule has 28 heavy (non-hydrogen) atoms. The molecule has 1 atom stereocenters. The quantitative estimate of drug-likeness (QED) is 0.686.